The highest BCUT2D eigenvalue weighted by molar-refractivity contribution is 6.30. The monoisotopic (exact) mass is 545 g/mol. The van der Waals surface area contributed by atoms with E-state index in [9.17, 15) is 9.59 Å². The Kier molecular flexibility index (Phi) is 7.89. The van der Waals surface area contributed by atoms with Crippen molar-refractivity contribution in [3.63, 3.8) is 0 Å². The summed E-state index contributed by atoms with van der Waals surface area (Å²) in [6.45, 7) is 6.95. The summed E-state index contributed by atoms with van der Waals surface area (Å²) >= 11 is 12.0. The van der Waals surface area contributed by atoms with Crippen LogP contribution in [0, 0.1) is 0 Å². The first-order valence-corrected chi connectivity index (χ1v) is 12.7. The van der Waals surface area contributed by atoms with Gasteiger partial charge in [0.25, 0.3) is 5.91 Å². The van der Waals surface area contributed by atoms with Gasteiger partial charge in [0.1, 0.15) is 11.4 Å². The summed E-state index contributed by atoms with van der Waals surface area (Å²) in [6.07, 6.45) is 5.23. The number of hydrogen-bond donors (Lipinski definition) is 1. The molecule has 1 fully saturated rings. The van der Waals surface area contributed by atoms with Crippen LogP contribution in [0.25, 0.3) is 5.82 Å². The number of likely N-dealkylation sites (N-methyl/N-ethyl adjacent to an activating group) is 1. The molecule has 4 heterocycles. The quantitative estimate of drug-likeness (QED) is 0.445. The molecule has 1 aliphatic rings. The van der Waals surface area contributed by atoms with Crippen LogP contribution in [-0.4, -0.2) is 68.4 Å². The Morgan fingerprint density at radius 3 is 2.51 bits per heavy atom. The van der Waals surface area contributed by atoms with Crippen LogP contribution in [0.3, 0.4) is 0 Å². The third-order valence-corrected chi connectivity index (χ3v) is 6.33. The number of anilines is 2. The van der Waals surface area contributed by atoms with Gasteiger partial charge in [0, 0.05) is 38.1 Å². The van der Waals surface area contributed by atoms with Gasteiger partial charge in [-0.3, -0.25) is 4.79 Å². The maximum absolute atomic E-state index is 12.9. The molecule has 3 aromatic heterocycles. The number of rotatable bonds is 6. The van der Waals surface area contributed by atoms with Crippen molar-refractivity contribution in [3.8, 4) is 5.82 Å². The maximum Gasteiger partial charge on any atom is 0.410 e. The Hall–Kier alpha value is -3.37. The average Bonchev–Trinajstić information content (AvgIpc) is 3.51. The fourth-order valence-corrected chi connectivity index (χ4v) is 4.21. The van der Waals surface area contributed by atoms with Crippen LogP contribution in [0.15, 0.2) is 42.9 Å². The van der Waals surface area contributed by atoms with Gasteiger partial charge in [0.2, 0.25) is 0 Å². The molecule has 0 spiro atoms. The van der Waals surface area contributed by atoms with Crippen molar-refractivity contribution in [3.05, 3.63) is 59.1 Å². The number of carbonyl (C=O) groups is 2. The zero-order valence-corrected chi connectivity index (χ0v) is 22.6. The predicted molar refractivity (Wildman–Crippen MR) is 143 cm³/mol. The highest BCUT2D eigenvalue weighted by atomic mass is 35.5. The minimum atomic E-state index is -0.541. The van der Waals surface area contributed by atoms with Crippen molar-refractivity contribution < 1.29 is 14.3 Å². The van der Waals surface area contributed by atoms with Crippen LogP contribution in [0.5, 0.6) is 0 Å². The van der Waals surface area contributed by atoms with E-state index in [1.807, 2.05) is 26.8 Å². The molecule has 196 valence electrons. The molecule has 10 nitrogen and oxygen atoms in total. The van der Waals surface area contributed by atoms with Gasteiger partial charge >= 0.3 is 6.09 Å². The average molecular weight is 546 g/mol. The topological polar surface area (TPSA) is 105 Å². The lowest BCUT2D eigenvalue weighted by Gasteiger charge is -2.28. The highest BCUT2D eigenvalue weighted by Gasteiger charge is 2.31. The fraction of sp³-hybridized carbons (Fsp3) is 0.400. The van der Waals surface area contributed by atoms with Crippen LogP contribution >= 0.6 is 23.2 Å². The molecule has 0 aromatic carbocycles. The van der Waals surface area contributed by atoms with Crippen LogP contribution in [0.2, 0.25) is 5.02 Å². The predicted octanol–water partition coefficient (Wildman–Crippen LogP) is 4.75. The number of hydrogen-bond acceptors (Lipinski definition) is 7. The first-order valence-electron chi connectivity index (χ1n) is 11.8. The van der Waals surface area contributed by atoms with E-state index in [0.717, 1.165) is 18.8 Å². The van der Waals surface area contributed by atoms with Crippen molar-refractivity contribution in [1.82, 2.24) is 24.6 Å². The largest absolute Gasteiger partial charge is 0.444 e. The minimum Gasteiger partial charge on any atom is -0.444 e. The van der Waals surface area contributed by atoms with E-state index < -0.39 is 11.5 Å². The molecule has 0 aliphatic carbocycles. The molecule has 12 heteroatoms. The summed E-state index contributed by atoms with van der Waals surface area (Å²) in [7, 11) is 1.76. The van der Waals surface area contributed by atoms with E-state index in [4.69, 9.17) is 27.9 Å². The standard InChI is InChI=1S/C25H29Cl2N7O3/c1-25(2,3)37-24(36)32(4)19-9-10-33(15-19)20-8-6-18(13-29-20)30-23(35)22-16(11-26)14-34(31-22)21-7-5-17(27)12-28-21/h5-8,12-14,19H,9-11,15H2,1-4H3,(H,30,35). The van der Waals surface area contributed by atoms with Gasteiger partial charge in [-0.05, 0) is 51.5 Å². The van der Waals surface area contributed by atoms with Crippen molar-refractivity contribution in [2.45, 2.75) is 44.7 Å². The Morgan fingerprint density at radius 1 is 1.16 bits per heavy atom. The van der Waals surface area contributed by atoms with E-state index in [0.29, 0.717) is 28.6 Å². The lowest BCUT2D eigenvalue weighted by molar-refractivity contribution is 0.0237. The number of amides is 2. The first-order chi connectivity index (χ1) is 17.5. The molecular formula is C25H29Cl2N7O3. The summed E-state index contributed by atoms with van der Waals surface area (Å²) in [4.78, 5) is 37.8. The van der Waals surface area contributed by atoms with Crippen LogP contribution in [0.1, 0.15) is 43.2 Å². The normalized spacial score (nSPS) is 15.5. The van der Waals surface area contributed by atoms with E-state index in [2.05, 4.69) is 25.3 Å². The van der Waals surface area contributed by atoms with Gasteiger partial charge in [-0.25, -0.2) is 19.4 Å². The molecule has 1 N–H and O–H groups in total. The van der Waals surface area contributed by atoms with E-state index >= 15 is 0 Å². The lowest BCUT2D eigenvalue weighted by Crippen LogP contribution is -2.42. The lowest BCUT2D eigenvalue weighted by atomic mass is 10.2. The van der Waals surface area contributed by atoms with E-state index in [1.165, 1.54) is 10.9 Å². The molecule has 0 radical (unpaired) electrons. The molecule has 37 heavy (non-hydrogen) atoms. The van der Waals surface area contributed by atoms with Crippen molar-refractivity contribution in [1.29, 1.82) is 0 Å². The number of aromatic nitrogens is 4. The van der Waals surface area contributed by atoms with Gasteiger partial charge < -0.3 is 19.9 Å². The summed E-state index contributed by atoms with van der Waals surface area (Å²) in [5, 5.41) is 7.69. The SMILES string of the molecule is CN(C(=O)OC(C)(C)C)C1CCN(c2ccc(NC(=O)c3nn(-c4ccc(Cl)cn4)cc3CCl)cn2)C1. The zero-order valence-electron chi connectivity index (χ0n) is 21.1. The molecule has 0 bridgehead atoms. The molecule has 1 saturated heterocycles. The molecule has 2 amide bonds. The smallest absolute Gasteiger partial charge is 0.410 e. The summed E-state index contributed by atoms with van der Waals surface area (Å²) in [5.74, 6) is 0.985. The molecule has 3 aromatic rings. The number of ether oxygens (including phenoxy) is 1. The number of halogens is 2. The zero-order chi connectivity index (χ0) is 26.7. The third kappa shape index (κ3) is 6.50. The summed E-state index contributed by atoms with van der Waals surface area (Å²) in [5.41, 5.74) is 0.747. The van der Waals surface area contributed by atoms with Crippen LogP contribution < -0.4 is 10.2 Å². The third-order valence-electron chi connectivity index (χ3n) is 5.82. The first kappa shape index (κ1) is 26.7. The van der Waals surface area contributed by atoms with Crippen LogP contribution in [-0.2, 0) is 10.6 Å². The Morgan fingerprint density at radius 2 is 1.89 bits per heavy atom. The van der Waals surface area contributed by atoms with Gasteiger partial charge in [0.15, 0.2) is 11.5 Å². The van der Waals surface area contributed by atoms with Gasteiger partial charge in [-0.15, -0.1) is 11.6 Å². The maximum atomic E-state index is 12.9. The van der Waals surface area contributed by atoms with Crippen molar-refractivity contribution in [2.24, 2.45) is 0 Å². The number of nitrogens with one attached hydrogen (secondary N) is 1. The van der Waals surface area contributed by atoms with E-state index in [-0.39, 0.29) is 23.7 Å². The summed E-state index contributed by atoms with van der Waals surface area (Å²) < 4.78 is 6.97. The Balaban J connectivity index is 1.39. The van der Waals surface area contributed by atoms with Crippen LogP contribution in [0.4, 0.5) is 16.3 Å². The molecule has 4 rings (SSSR count). The second kappa shape index (κ2) is 10.9. The number of nitrogens with zero attached hydrogens (tertiary/aromatic N) is 6. The minimum absolute atomic E-state index is 0.0234. The molecule has 0 saturated carbocycles. The summed E-state index contributed by atoms with van der Waals surface area (Å²) in [6, 6.07) is 7.03. The molecule has 1 unspecified atom stereocenters. The molecule has 1 aliphatic heterocycles. The van der Waals surface area contributed by atoms with Crippen molar-refractivity contribution >= 4 is 46.7 Å². The highest BCUT2D eigenvalue weighted by Crippen LogP contribution is 2.24. The second-order valence-electron chi connectivity index (χ2n) is 9.75. The fourth-order valence-electron chi connectivity index (χ4n) is 3.91. The molecule has 1 atom stereocenters. The number of alkyl halides is 1. The van der Waals surface area contributed by atoms with Gasteiger partial charge in [0.05, 0.1) is 28.8 Å². The second-order valence-corrected chi connectivity index (χ2v) is 10.5. The van der Waals surface area contributed by atoms with Gasteiger partial charge in [-0.2, -0.15) is 5.10 Å². The Bertz CT molecular complexity index is 1260. The van der Waals surface area contributed by atoms with Crippen molar-refractivity contribution in [2.75, 3.05) is 30.4 Å². The van der Waals surface area contributed by atoms with E-state index in [1.54, 1.807) is 42.5 Å². The number of carbonyl (C=O) groups excluding carboxylic acids is 2. The van der Waals surface area contributed by atoms with Gasteiger partial charge in [-0.1, -0.05) is 11.6 Å². The molecular weight excluding hydrogens is 517 g/mol. The Labute approximate surface area is 225 Å². The number of pyridine rings is 2.